The fraction of sp³-hybridized carbons (Fsp3) is 0.462. The number of piperidine rings is 1. The fourth-order valence-corrected chi connectivity index (χ4v) is 5.56. The highest BCUT2D eigenvalue weighted by Crippen LogP contribution is 2.39. The Hall–Kier alpha value is -3.21. The summed E-state index contributed by atoms with van der Waals surface area (Å²) in [5.74, 6) is -1.18. The number of fused-ring (bicyclic) bond motifs is 3. The van der Waals surface area contributed by atoms with Crippen molar-refractivity contribution in [2.45, 2.75) is 50.4 Å². The molecule has 1 aromatic carbocycles. The van der Waals surface area contributed by atoms with E-state index in [-0.39, 0.29) is 35.8 Å². The lowest BCUT2D eigenvalue weighted by molar-refractivity contribution is -0.274. The van der Waals surface area contributed by atoms with Crippen LogP contribution in [0.2, 0.25) is 0 Å². The summed E-state index contributed by atoms with van der Waals surface area (Å²) in [6.07, 6.45) is -0.177. The van der Waals surface area contributed by atoms with Crippen LogP contribution in [0.15, 0.2) is 30.5 Å². The number of aryl methyl sites for hydroxylation is 1. The van der Waals surface area contributed by atoms with Crippen molar-refractivity contribution in [2.24, 2.45) is 0 Å². The predicted molar refractivity (Wildman–Crippen MR) is 127 cm³/mol. The minimum Gasteiger partial charge on any atom is -0.406 e. The molecule has 1 amide bonds. The average molecular weight is 523 g/mol. The Bertz CT molecular complexity index is 1270. The van der Waals surface area contributed by atoms with E-state index in [0.29, 0.717) is 43.6 Å². The number of nitrogens with one attached hydrogen (secondary N) is 2. The van der Waals surface area contributed by atoms with Crippen molar-refractivity contribution in [3.8, 4) is 5.75 Å². The van der Waals surface area contributed by atoms with Crippen LogP contribution < -0.4 is 10.1 Å². The number of carbonyl (C=O) groups excluding carboxylic acids is 1. The van der Waals surface area contributed by atoms with Crippen LogP contribution in [0.25, 0.3) is 11.0 Å². The molecule has 6 nitrogen and oxygen atoms in total. The van der Waals surface area contributed by atoms with Crippen molar-refractivity contribution in [1.29, 1.82) is 0 Å². The number of hydrogen-bond donors (Lipinski definition) is 2. The van der Waals surface area contributed by atoms with Gasteiger partial charge in [0.15, 0.2) is 0 Å². The van der Waals surface area contributed by atoms with Gasteiger partial charge in [0.1, 0.15) is 23.9 Å². The van der Waals surface area contributed by atoms with Gasteiger partial charge in [0.05, 0.1) is 6.20 Å². The minimum absolute atomic E-state index is 0.115. The Morgan fingerprint density at radius 3 is 2.57 bits per heavy atom. The van der Waals surface area contributed by atoms with Crippen molar-refractivity contribution in [3.63, 3.8) is 0 Å². The molecule has 1 aliphatic heterocycles. The first kappa shape index (κ1) is 25.4. The zero-order valence-corrected chi connectivity index (χ0v) is 20.0. The monoisotopic (exact) mass is 522 g/mol. The van der Waals surface area contributed by atoms with Crippen LogP contribution in [-0.4, -0.2) is 59.5 Å². The molecule has 1 aliphatic carbocycles. The van der Waals surface area contributed by atoms with Gasteiger partial charge >= 0.3 is 6.36 Å². The Labute approximate surface area is 210 Å². The van der Waals surface area contributed by atoms with Crippen LogP contribution in [0, 0.1) is 5.82 Å². The Kier molecular flexibility index (Phi) is 7.06. The molecular formula is C26H27F5N4O2. The third-order valence-electron chi connectivity index (χ3n) is 7.25. The van der Waals surface area contributed by atoms with Crippen LogP contribution in [0.4, 0.5) is 22.0 Å². The summed E-state index contributed by atoms with van der Waals surface area (Å²) >= 11 is 0. The van der Waals surface area contributed by atoms with E-state index in [0.717, 1.165) is 41.6 Å². The number of likely N-dealkylation sites (tertiary alicyclic amines) is 1. The number of benzene rings is 1. The molecule has 198 valence electrons. The molecule has 5 rings (SSSR count). The normalized spacial score (nSPS) is 18.7. The molecule has 11 heteroatoms. The number of H-pyrrole nitrogens is 1. The highest BCUT2D eigenvalue weighted by atomic mass is 19.4. The standard InChI is InChI=1S/C26H27F5N4O2/c27-9-10-32-17-3-6-21-19(13-17)23-22(20(28)14-33-24(23)34-21)15-7-11-35(12-8-15)25(36)16-1-4-18(5-2-16)37-26(29,30)31/h1-2,4-5,14-15,17,32H,3,6-13H2,(H,33,34)/t17-/m1/s1. The van der Waals surface area contributed by atoms with Crippen molar-refractivity contribution >= 4 is 16.9 Å². The lowest BCUT2D eigenvalue weighted by atomic mass is 9.84. The molecule has 0 spiro atoms. The second kappa shape index (κ2) is 10.3. The van der Waals surface area contributed by atoms with E-state index in [1.54, 1.807) is 4.90 Å². The second-order valence-electron chi connectivity index (χ2n) is 9.55. The third-order valence-corrected chi connectivity index (χ3v) is 7.25. The van der Waals surface area contributed by atoms with Gasteiger partial charge in [0.2, 0.25) is 0 Å². The second-order valence-corrected chi connectivity index (χ2v) is 9.55. The SMILES string of the molecule is O=C(c1ccc(OC(F)(F)F)cc1)N1CCC(c2c(F)cnc3[nH]c4c(c23)C[C@H](NCCF)CC4)CC1. The van der Waals surface area contributed by atoms with E-state index in [1.165, 1.54) is 18.3 Å². The first-order chi connectivity index (χ1) is 17.7. The van der Waals surface area contributed by atoms with Crippen LogP contribution in [-0.2, 0) is 12.8 Å². The molecular weight excluding hydrogens is 495 g/mol. The summed E-state index contributed by atoms with van der Waals surface area (Å²) in [5, 5.41) is 4.02. The van der Waals surface area contributed by atoms with Crippen LogP contribution >= 0.6 is 0 Å². The number of amides is 1. The van der Waals surface area contributed by atoms with Crippen LogP contribution in [0.5, 0.6) is 5.75 Å². The molecule has 2 aliphatic rings. The molecule has 37 heavy (non-hydrogen) atoms. The zero-order valence-electron chi connectivity index (χ0n) is 20.0. The lowest BCUT2D eigenvalue weighted by Gasteiger charge is -2.33. The molecule has 1 fully saturated rings. The van der Waals surface area contributed by atoms with E-state index in [9.17, 15) is 22.4 Å². The highest BCUT2D eigenvalue weighted by Gasteiger charge is 2.33. The minimum atomic E-state index is -4.80. The number of alkyl halides is 4. The van der Waals surface area contributed by atoms with E-state index in [1.807, 2.05) is 0 Å². The van der Waals surface area contributed by atoms with E-state index < -0.39 is 18.8 Å². The van der Waals surface area contributed by atoms with Gasteiger partial charge in [-0.05, 0) is 67.9 Å². The molecule has 0 saturated carbocycles. The van der Waals surface area contributed by atoms with Gasteiger partial charge < -0.3 is 19.9 Å². The molecule has 3 aromatic rings. The summed E-state index contributed by atoms with van der Waals surface area (Å²) in [4.78, 5) is 22.2. The highest BCUT2D eigenvalue weighted by molar-refractivity contribution is 5.94. The predicted octanol–water partition coefficient (Wildman–Crippen LogP) is 5.04. The average Bonchev–Trinajstić information content (AvgIpc) is 3.24. The van der Waals surface area contributed by atoms with Crippen LogP contribution in [0.1, 0.15) is 52.4 Å². The number of aromatic amines is 1. The smallest absolute Gasteiger partial charge is 0.406 e. The van der Waals surface area contributed by atoms with E-state index in [2.05, 4.69) is 20.0 Å². The topological polar surface area (TPSA) is 70.2 Å². The van der Waals surface area contributed by atoms with E-state index in [4.69, 9.17) is 0 Å². The number of hydrogen-bond acceptors (Lipinski definition) is 4. The maximum Gasteiger partial charge on any atom is 0.573 e. The van der Waals surface area contributed by atoms with Crippen molar-refractivity contribution in [3.05, 3.63) is 58.7 Å². The molecule has 1 saturated heterocycles. The van der Waals surface area contributed by atoms with Crippen LogP contribution in [0.3, 0.4) is 0 Å². The third kappa shape index (κ3) is 5.41. The van der Waals surface area contributed by atoms with Gasteiger partial charge in [-0.25, -0.2) is 13.8 Å². The molecule has 3 heterocycles. The zero-order chi connectivity index (χ0) is 26.2. The van der Waals surface area contributed by atoms with Crippen molar-refractivity contribution in [2.75, 3.05) is 26.3 Å². The lowest BCUT2D eigenvalue weighted by Crippen LogP contribution is -2.38. The summed E-state index contributed by atoms with van der Waals surface area (Å²) in [5.41, 5.74) is 3.58. The first-order valence-electron chi connectivity index (χ1n) is 12.4. The number of ether oxygens (including phenoxy) is 1. The molecule has 1 atom stereocenters. The van der Waals surface area contributed by atoms with Crippen molar-refractivity contribution < 1.29 is 31.5 Å². The number of pyridine rings is 1. The number of aromatic nitrogens is 2. The van der Waals surface area contributed by atoms with Gasteiger partial charge in [0, 0.05) is 47.9 Å². The molecule has 0 bridgehead atoms. The van der Waals surface area contributed by atoms with Gasteiger partial charge in [-0.3, -0.25) is 4.79 Å². The summed E-state index contributed by atoms with van der Waals surface area (Å²) in [6.45, 7) is 0.621. The maximum atomic E-state index is 15.2. The van der Waals surface area contributed by atoms with Gasteiger partial charge in [-0.1, -0.05) is 0 Å². The molecule has 2 aromatic heterocycles. The number of carbonyl (C=O) groups is 1. The van der Waals surface area contributed by atoms with Crippen molar-refractivity contribution in [1.82, 2.24) is 20.2 Å². The summed E-state index contributed by atoms with van der Waals surface area (Å²) < 4.78 is 68.9. The number of nitrogens with zero attached hydrogens (tertiary/aromatic N) is 2. The molecule has 0 unspecified atom stereocenters. The Morgan fingerprint density at radius 1 is 1.16 bits per heavy atom. The first-order valence-corrected chi connectivity index (χ1v) is 12.4. The summed E-state index contributed by atoms with van der Waals surface area (Å²) in [7, 11) is 0. The summed E-state index contributed by atoms with van der Waals surface area (Å²) in [6, 6.07) is 4.95. The van der Waals surface area contributed by atoms with Gasteiger partial charge in [-0.15, -0.1) is 13.2 Å². The number of rotatable bonds is 6. The molecule has 0 radical (unpaired) electrons. The molecule has 2 N–H and O–H groups in total. The fourth-order valence-electron chi connectivity index (χ4n) is 5.56. The van der Waals surface area contributed by atoms with E-state index >= 15 is 4.39 Å². The maximum absolute atomic E-state index is 15.2. The Balaban J connectivity index is 1.31. The number of halogens is 5. The quantitative estimate of drug-likeness (QED) is 0.446. The van der Waals surface area contributed by atoms with Gasteiger partial charge in [0.25, 0.3) is 5.91 Å². The Morgan fingerprint density at radius 2 is 1.89 bits per heavy atom. The van der Waals surface area contributed by atoms with Gasteiger partial charge in [-0.2, -0.15) is 0 Å². The largest absolute Gasteiger partial charge is 0.573 e.